The molecule has 1 aliphatic carbocycles. The fourth-order valence-corrected chi connectivity index (χ4v) is 5.44. The lowest BCUT2D eigenvalue weighted by molar-refractivity contribution is -0.0575. The molecule has 1 saturated carbocycles. The number of anilines is 1. The van der Waals surface area contributed by atoms with Crippen LogP contribution in [0.4, 0.5) is 5.82 Å². The van der Waals surface area contributed by atoms with Gasteiger partial charge in [0.1, 0.15) is 18.3 Å². The molecule has 13 heteroatoms. The van der Waals surface area contributed by atoms with Crippen molar-refractivity contribution in [2.24, 2.45) is 0 Å². The molecule has 2 aliphatic rings. The number of fused-ring (bicyclic) bond motifs is 1. The third-order valence-electron chi connectivity index (χ3n) is 6.15. The van der Waals surface area contributed by atoms with E-state index in [9.17, 15) is 23.7 Å². The van der Waals surface area contributed by atoms with E-state index in [2.05, 4.69) is 25.6 Å². The van der Waals surface area contributed by atoms with Gasteiger partial charge in [-0.15, -0.1) is 5.10 Å². The second-order valence-corrected chi connectivity index (χ2v) is 10.6. The summed E-state index contributed by atoms with van der Waals surface area (Å²) in [7, 11) is -3.79. The number of aliphatic hydroxyl groups is 3. The molecule has 0 amide bonds. The van der Waals surface area contributed by atoms with Crippen molar-refractivity contribution in [2.75, 3.05) is 17.7 Å². The molecule has 1 saturated heterocycles. The zero-order valence-corrected chi connectivity index (χ0v) is 19.2. The molecule has 182 valence electrons. The number of ether oxygens (including phenoxy) is 1. The van der Waals surface area contributed by atoms with Crippen molar-refractivity contribution < 1.29 is 28.5 Å². The summed E-state index contributed by atoms with van der Waals surface area (Å²) >= 11 is 0. The Morgan fingerprint density at radius 3 is 2.62 bits per heavy atom. The van der Waals surface area contributed by atoms with Gasteiger partial charge < -0.3 is 25.4 Å². The number of aliphatic hydroxyl groups excluding tert-OH is 3. The Bertz CT molecular complexity index is 1290. The molecule has 1 aliphatic heterocycles. The van der Waals surface area contributed by atoms with E-state index in [0.29, 0.717) is 6.42 Å². The fraction of sp³-hybridized carbons (Fsp3) is 0.524. The third-order valence-corrected chi connectivity index (χ3v) is 7.84. The van der Waals surface area contributed by atoms with Crippen molar-refractivity contribution in [3.8, 4) is 0 Å². The number of aromatic nitrogens is 5. The lowest BCUT2D eigenvalue weighted by atomic mass is 10.1. The summed E-state index contributed by atoms with van der Waals surface area (Å²) in [6, 6.07) is 9.99. The van der Waals surface area contributed by atoms with Gasteiger partial charge in [0.25, 0.3) is 5.16 Å². The van der Waals surface area contributed by atoms with Crippen molar-refractivity contribution in [3.63, 3.8) is 0 Å². The molecular weight excluding hydrogens is 464 g/mol. The molecule has 6 atom stereocenters. The minimum Gasteiger partial charge on any atom is -0.394 e. The van der Waals surface area contributed by atoms with Gasteiger partial charge in [0.15, 0.2) is 23.2 Å². The Morgan fingerprint density at radius 2 is 1.94 bits per heavy atom. The molecule has 0 spiro atoms. The number of hydrogen-bond acceptors (Lipinski definition) is 11. The quantitative estimate of drug-likeness (QED) is 0.313. The Hall–Kier alpha value is -2.71. The Kier molecular flexibility index (Phi) is 5.98. The highest BCUT2D eigenvalue weighted by Crippen LogP contribution is 2.43. The molecule has 4 N–H and O–H groups in total. The average molecular weight is 491 g/mol. The van der Waals surface area contributed by atoms with Crippen LogP contribution in [0.2, 0.25) is 0 Å². The first-order chi connectivity index (χ1) is 16.3. The molecular formula is C21H26N6O6S. The van der Waals surface area contributed by atoms with Crippen molar-refractivity contribution in [2.45, 2.75) is 61.4 Å². The van der Waals surface area contributed by atoms with Gasteiger partial charge in [0, 0.05) is 12.0 Å². The fourth-order valence-electron chi connectivity index (χ4n) is 4.26. The number of sulfone groups is 1. The Labute approximate surface area is 195 Å². The summed E-state index contributed by atoms with van der Waals surface area (Å²) in [5.41, 5.74) is 1.42. The van der Waals surface area contributed by atoms with Crippen LogP contribution in [-0.2, 0) is 14.6 Å². The van der Waals surface area contributed by atoms with Gasteiger partial charge in [-0.3, -0.25) is 0 Å². The molecule has 0 unspecified atom stereocenters. The number of benzene rings is 1. The van der Waals surface area contributed by atoms with Crippen LogP contribution in [0, 0.1) is 0 Å². The van der Waals surface area contributed by atoms with Gasteiger partial charge in [-0.1, -0.05) is 42.5 Å². The molecule has 34 heavy (non-hydrogen) atoms. The van der Waals surface area contributed by atoms with Gasteiger partial charge in [0.2, 0.25) is 9.84 Å². The largest absolute Gasteiger partial charge is 0.394 e. The van der Waals surface area contributed by atoms with Gasteiger partial charge in [-0.2, -0.15) is 14.6 Å². The summed E-state index contributed by atoms with van der Waals surface area (Å²) in [4.78, 5) is 8.50. The summed E-state index contributed by atoms with van der Waals surface area (Å²) in [6.07, 6.45) is -3.78. The standard InChI is InChI=1S/C21H26N6O6S/c1-2-8-34(31,32)21-23-18(22-13-9-12(13)11-6-4-3-5-7-11)15-19(24-21)27(26-25-15)20-17(30)16(29)14(10-28)33-20/h3-7,12-14,16-17,20,28-30H,2,8-10H2,1H3,(H,22,23,24)/t12-,13+,14+,16+,17+,20+/m0/s1. The van der Waals surface area contributed by atoms with E-state index in [0.717, 1.165) is 11.1 Å². The molecule has 3 aromatic rings. The summed E-state index contributed by atoms with van der Waals surface area (Å²) in [6.45, 7) is 1.23. The van der Waals surface area contributed by atoms with Crippen LogP contribution in [0.3, 0.4) is 0 Å². The molecule has 2 aromatic heterocycles. The Morgan fingerprint density at radius 1 is 1.18 bits per heavy atom. The van der Waals surface area contributed by atoms with E-state index >= 15 is 0 Å². The predicted octanol–water partition coefficient (Wildman–Crippen LogP) is -0.0155. The lowest BCUT2D eigenvalue weighted by Crippen LogP contribution is -2.33. The van der Waals surface area contributed by atoms with Gasteiger partial charge in [0.05, 0.1) is 12.4 Å². The van der Waals surface area contributed by atoms with E-state index in [1.165, 1.54) is 5.56 Å². The van der Waals surface area contributed by atoms with Crippen molar-refractivity contribution in [1.29, 1.82) is 0 Å². The first-order valence-corrected chi connectivity index (χ1v) is 12.8. The highest BCUT2D eigenvalue weighted by Gasteiger charge is 2.45. The lowest BCUT2D eigenvalue weighted by Gasteiger charge is -2.15. The van der Waals surface area contributed by atoms with Gasteiger partial charge >= 0.3 is 0 Å². The van der Waals surface area contributed by atoms with E-state index in [-0.39, 0.29) is 39.9 Å². The van der Waals surface area contributed by atoms with Crippen LogP contribution in [0.15, 0.2) is 35.5 Å². The smallest absolute Gasteiger partial charge is 0.251 e. The third kappa shape index (κ3) is 4.03. The Balaban J connectivity index is 1.54. The number of nitrogens with one attached hydrogen (secondary N) is 1. The topological polar surface area (TPSA) is 173 Å². The van der Waals surface area contributed by atoms with Crippen LogP contribution < -0.4 is 5.32 Å². The van der Waals surface area contributed by atoms with Crippen LogP contribution in [0.5, 0.6) is 0 Å². The van der Waals surface area contributed by atoms with E-state index < -0.39 is 41.0 Å². The van der Waals surface area contributed by atoms with Crippen LogP contribution >= 0.6 is 0 Å². The number of rotatable bonds is 8. The normalized spacial score (nSPS) is 28.9. The average Bonchev–Trinajstić information content (AvgIpc) is 3.37. The second kappa shape index (κ2) is 8.82. The molecule has 0 bridgehead atoms. The number of nitrogens with zero attached hydrogens (tertiary/aromatic N) is 5. The van der Waals surface area contributed by atoms with Crippen molar-refractivity contribution >= 4 is 26.8 Å². The first kappa shape index (κ1) is 23.1. The maximum Gasteiger partial charge on any atom is 0.251 e. The summed E-state index contributed by atoms with van der Waals surface area (Å²) in [5.74, 6) is 0.335. The second-order valence-electron chi connectivity index (χ2n) is 8.61. The maximum absolute atomic E-state index is 12.8. The van der Waals surface area contributed by atoms with Gasteiger partial charge in [-0.05, 0) is 18.4 Å². The summed E-state index contributed by atoms with van der Waals surface area (Å²) < 4.78 is 32.3. The molecule has 5 rings (SSSR count). The molecule has 0 radical (unpaired) electrons. The van der Waals surface area contributed by atoms with E-state index in [1.807, 2.05) is 30.3 Å². The number of hydrogen-bond donors (Lipinski definition) is 4. The predicted molar refractivity (Wildman–Crippen MR) is 120 cm³/mol. The highest BCUT2D eigenvalue weighted by atomic mass is 32.2. The molecule has 12 nitrogen and oxygen atoms in total. The zero-order chi connectivity index (χ0) is 24.0. The SMILES string of the molecule is CCCS(=O)(=O)c1nc(N[C@@H]2C[C@H]2c2ccccc2)c2nnn([C@@H]3O[C@H](CO)[C@@H](O)[C@H]3O)c2n1. The monoisotopic (exact) mass is 490 g/mol. The summed E-state index contributed by atoms with van der Waals surface area (Å²) in [5, 5.41) is 41.0. The molecule has 1 aromatic carbocycles. The minimum absolute atomic E-state index is 0.0290. The molecule has 2 fully saturated rings. The van der Waals surface area contributed by atoms with Crippen molar-refractivity contribution in [3.05, 3.63) is 35.9 Å². The van der Waals surface area contributed by atoms with Crippen molar-refractivity contribution in [1.82, 2.24) is 25.0 Å². The molecule has 3 heterocycles. The van der Waals surface area contributed by atoms with Crippen LogP contribution in [0.1, 0.15) is 37.5 Å². The zero-order valence-electron chi connectivity index (χ0n) is 18.4. The first-order valence-electron chi connectivity index (χ1n) is 11.1. The van der Waals surface area contributed by atoms with Gasteiger partial charge in [-0.25, -0.2) is 8.42 Å². The minimum atomic E-state index is -3.79. The van der Waals surface area contributed by atoms with E-state index in [1.54, 1.807) is 6.92 Å². The van der Waals surface area contributed by atoms with E-state index in [4.69, 9.17) is 4.74 Å². The maximum atomic E-state index is 12.8. The van der Waals surface area contributed by atoms with Crippen LogP contribution in [0.25, 0.3) is 11.2 Å². The van der Waals surface area contributed by atoms with Crippen LogP contribution in [-0.4, -0.2) is 85.4 Å². The highest BCUT2D eigenvalue weighted by molar-refractivity contribution is 7.91.